The summed E-state index contributed by atoms with van der Waals surface area (Å²) in [4.78, 5) is 6.82. The molecule has 0 amide bonds. The molecule has 1 atom stereocenters. The fourth-order valence-corrected chi connectivity index (χ4v) is 2.12. The predicted molar refractivity (Wildman–Crippen MR) is 77.4 cm³/mol. The Morgan fingerprint density at radius 1 is 1.33 bits per heavy atom. The van der Waals surface area contributed by atoms with Gasteiger partial charge < -0.3 is 5.73 Å². The van der Waals surface area contributed by atoms with E-state index in [4.69, 9.17) is 5.73 Å². The van der Waals surface area contributed by atoms with Gasteiger partial charge in [-0.05, 0) is 44.2 Å². The number of rotatable bonds is 4. The van der Waals surface area contributed by atoms with Crippen LogP contribution in [0.1, 0.15) is 25.8 Å². The number of anilines is 1. The summed E-state index contributed by atoms with van der Waals surface area (Å²) in [5.74, 6) is 0. The molecule has 2 aromatic rings. The highest BCUT2D eigenvalue weighted by molar-refractivity contribution is 5.92. The highest BCUT2D eigenvalue weighted by Crippen LogP contribution is 2.23. The largest absolute Gasteiger partial charge is 0.398 e. The van der Waals surface area contributed by atoms with Gasteiger partial charge in [0.1, 0.15) is 0 Å². The third-order valence-corrected chi connectivity index (χ3v) is 3.65. The fraction of sp³-hybridized carbons (Fsp3) is 0.400. The van der Waals surface area contributed by atoms with Crippen molar-refractivity contribution >= 4 is 16.6 Å². The number of pyridine rings is 1. The number of hydrogen-bond donors (Lipinski definition) is 1. The first-order chi connectivity index (χ1) is 8.63. The van der Waals surface area contributed by atoms with Crippen LogP contribution in [0.2, 0.25) is 0 Å². The van der Waals surface area contributed by atoms with Gasteiger partial charge in [-0.25, -0.2) is 0 Å². The SMILES string of the molecule is CCC(C)N(C)Cc1ccc(N)c2cccnc12. The fourth-order valence-electron chi connectivity index (χ4n) is 2.12. The third kappa shape index (κ3) is 2.46. The van der Waals surface area contributed by atoms with Crippen molar-refractivity contribution in [1.82, 2.24) is 9.88 Å². The van der Waals surface area contributed by atoms with Crippen molar-refractivity contribution in [2.45, 2.75) is 32.9 Å². The molecule has 0 aliphatic carbocycles. The van der Waals surface area contributed by atoms with E-state index < -0.39 is 0 Å². The first-order valence-corrected chi connectivity index (χ1v) is 6.45. The molecule has 3 heteroatoms. The lowest BCUT2D eigenvalue weighted by Gasteiger charge is -2.24. The number of hydrogen-bond acceptors (Lipinski definition) is 3. The van der Waals surface area contributed by atoms with Gasteiger partial charge in [-0.2, -0.15) is 0 Å². The summed E-state index contributed by atoms with van der Waals surface area (Å²) in [7, 11) is 2.15. The van der Waals surface area contributed by atoms with E-state index in [0.29, 0.717) is 6.04 Å². The Bertz CT molecular complexity index is 536. The maximum absolute atomic E-state index is 5.99. The summed E-state index contributed by atoms with van der Waals surface area (Å²) in [6, 6.07) is 8.60. The Morgan fingerprint density at radius 2 is 2.11 bits per heavy atom. The number of benzene rings is 1. The van der Waals surface area contributed by atoms with E-state index in [1.807, 2.05) is 24.4 Å². The first kappa shape index (κ1) is 12.8. The van der Waals surface area contributed by atoms with Gasteiger partial charge in [0.2, 0.25) is 0 Å². The van der Waals surface area contributed by atoms with Crippen LogP contribution in [-0.4, -0.2) is 23.0 Å². The van der Waals surface area contributed by atoms with Crippen molar-refractivity contribution in [2.24, 2.45) is 0 Å². The first-order valence-electron chi connectivity index (χ1n) is 6.45. The monoisotopic (exact) mass is 243 g/mol. The molecule has 0 bridgehead atoms. The maximum atomic E-state index is 5.99. The topological polar surface area (TPSA) is 42.1 Å². The van der Waals surface area contributed by atoms with Crippen molar-refractivity contribution in [1.29, 1.82) is 0 Å². The van der Waals surface area contributed by atoms with Crippen LogP contribution in [-0.2, 0) is 6.54 Å². The molecule has 18 heavy (non-hydrogen) atoms. The molecule has 2 rings (SSSR count). The van der Waals surface area contributed by atoms with Crippen LogP contribution in [0.5, 0.6) is 0 Å². The van der Waals surface area contributed by atoms with Crippen molar-refractivity contribution < 1.29 is 0 Å². The third-order valence-electron chi connectivity index (χ3n) is 3.65. The molecule has 1 unspecified atom stereocenters. The molecule has 3 nitrogen and oxygen atoms in total. The van der Waals surface area contributed by atoms with Gasteiger partial charge in [0.25, 0.3) is 0 Å². The number of nitrogens with two attached hydrogens (primary N) is 1. The molecule has 0 saturated carbocycles. The lowest BCUT2D eigenvalue weighted by Crippen LogP contribution is -2.27. The van der Waals surface area contributed by atoms with Gasteiger partial charge in [-0.3, -0.25) is 9.88 Å². The molecule has 0 aliphatic heterocycles. The van der Waals surface area contributed by atoms with Crippen LogP contribution in [0.25, 0.3) is 10.9 Å². The van der Waals surface area contributed by atoms with E-state index in [9.17, 15) is 0 Å². The molecule has 96 valence electrons. The van der Waals surface area contributed by atoms with Gasteiger partial charge in [0.05, 0.1) is 5.52 Å². The lowest BCUT2D eigenvalue weighted by molar-refractivity contribution is 0.244. The number of nitrogen functional groups attached to an aromatic ring is 1. The van der Waals surface area contributed by atoms with E-state index in [1.54, 1.807) is 0 Å². The summed E-state index contributed by atoms with van der Waals surface area (Å²) in [5, 5.41) is 1.05. The summed E-state index contributed by atoms with van der Waals surface area (Å²) in [6.45, 7) is 5.36. The molecule has 2 N–H and O–H groups in total. The highest BCUT2D eigenvalue weighted by Gasteiger charge is 2.11. The molecule has 0 aliphatic rings. The van der Waals surface area contributed by atoms with E-state index in [2.05, 4.69) is 36.8 Å². The zero-order valence-electron chi connectivity index (χ0n) is 11.4. The van der Waals surface area contributed by atoms with E-state index >= 15 is 0 Å². The second kappa shape index (κ2) is 5.36. The number of nitrogens with zero attached hydrogens (tertiary/aromatic N) is 2. The van der Waals surface area contributed by atoms with Gasteiger partial charge in [-0.1, -0.05) is 13.0 Å². The van der Waals surface area contributed by atoms with Crippen molar-refractivity contribution in [3.63, 3.8) is 0 Å². The average molecular weight is 243 g/mol. The average Bonchev–Trinajstić information content (AvgIpc) is 2.41. The zero-order chi connectivity index (χ0) is 13.1. The summed E-state index contributed by atoms with van der Waals surface area (Å²) in [5.41, 5.74) is 9.05. The molecule has 0 radical (unpaired) electrons. The van der Waals surface area contributed by atoms with Crippen molar-refractivity contribution in [2.75, 3.05) is 12.8 Å². The molecular formula is C15H21N3. The molecule has 0 fully saturated rings. The van der Waals surface area contributed by atoms with E-state index in [-0.39, 0.29) is 0 Å². The lowest BCUT2D eigenvalue weighted by atomic mass is 10.1. The van der Waals surface area contributed by atoms with Crippen molar-refractivity contribution in [3.8, 4) is 0 Å². The Balaban J connectivity index is 2.37. The minimum atomic E-state index is 0.571. The number of aromatic nitrogens is 1. The molecule has 1 aromatic carbocycles. The highest BCUT2D eigenvalue weighted by atomic mass is 15.1. The van der Waals surface area contributed by atoms with Crippen LogP contribution < -0.4 is 5.73 Å². The zero-order valence-corrected chi connectivity index (χ0v) is 11.4. The minimum absolute atomic E-state index is 0.571. The van der Waals surface area contributed by atoms with Gasteiger partial charge in [0.15, 0.2) is 0 Å². The Labute approximate surface area is 109 Å². The molecule has 1 aromatic heterocycles. The normalized spacial score (nSPS) is 13.1. The van der Waals surface area contributed by atoms with E-state index in [1.165, 1.54) is 5.56 Å². The van der Waals surface area contributed by atoms with Gasteiger partial charge >= 0.3 is 0 Å². The van der Waals surface area contributed by atoms with Crippen molar-refractivity contribution in [3.05, 3.63) is 36.0 Å². The van der Waals surface area contributed by atoms with E-state index in [0.717, 1.165) is 29.6 Å². The Morgan fingerprint density at radius 3 is 2.83 bits per heavy atom. The molecule has 0 spiro atoms. The van der Waals surface area contributed by atoms with Crippen LogP contribution in [0, 0.1) is 0 Å². The van der Waals surface area contributed by atoms with Crippen LogP contribution >= 0.6 is 0 Å². The predicted octanol–water partition coefficient (Wildman–Crippen LogP) is 3.05. The molecule has 1 heterocycles. The minimum Gasteiger partial charge on any atom is -0.398 e. The Hall–Kier alpha value is -1.61. The summed E-state index contributed by atoms with van der Waals surface area (Å²) >= 11 is 0. The quantitative estimate of drug-likeness (QED) is 0.839. The van der Waals surface area contributed by atoms with Gasteiger partial charge in [-0.15, -0.1) is 0 Å². The van der Waals surface area contributed by atoms with Crippen LogP contribution in [0.3, 0.4) is 0 Å². The van der Waals surface area contributed by atoms with Crippen LogP contribution in [0.15, 0.2) is 30.5 Å². The summed E-state index contributed by atoms with van der Waals surface area (Å²) in [6.07, 6.45) is 2.98. The maximum Gasteiger partial charge on any atom is 0.0767 e. The smallest absolute Gasteiger partial charge is 0.0767 e. The second-order valence-electron chi connectivity index (χ2n) is 4.89. The van der Waals surface area contributed by atoms with Gasteiger partial charge in [0, 0.05) is 29.9 Å². The second-order valence-corrected chi connectivity index (χ2v) is 4.89. The standard InChI is InChI=1S/C15H21N3/c1-4-11(2)18(3)10-12-7-8-14(16)13-6-5-9-17-15(12)13/h5-9,11H,4,10,16H2,1-3H3. The molecule has 0 saturated heterocycles. The number of fused-ring (bicyclic) bond motifs is 1. The molecular weight excluding hydrogens is 222 g/mol. The summed E-state index contributed by atoms with van der Waals surface area (Å²) < 4.78 is 0. The Kier molecular flexibility index (Phi) is 3.82. The van der Waals surface area contributed by atoms with Crippen LogP contribution in [0.4, 0.5) is 5.69 Å².